The van der Waals surface area contributed by atoms with Crippen LogP contribution in [0.2, 0.25) is 0 Å². The van der Waals surface area contributed by atoms with Gasteiger partial charge in [0, 0.05) is 63.6 Å². The van der Waals surface area contributed by atoms with Crippen molar-refractivity contribution >= 4 is 39.0 Å². The molecular formula is C25H32F3N5O6S. The summed E-state index contributed by atoms with van der Waals surface area (Å²) in [6, 6.07) is 13.2. The molecular weight excluding hydrogens is 555 g/mol. The first-order valence-corrected chi connectivity index (χ1v) is 14.2. The van der Waals surface area contributed by atoms with Crippen LogP contribution in [0, 0.1) is 0 Å². The fourth-order valence-corrected chi connectivity index (χ4v) is 4.84. The molecule has 4 rings (SSSR count). The molecule has 2 fully saturated rings. The van der Waals surface area contributed by atoms with Gasteiger partial charge in [0.1, 0.15) is 5.75 Å². The van der Waals surface area contributed by atoms with E-state index in [0.29, 0.717) is 24.3 Å². The van der Waals surface area contributed by atoms with Crippen molar-refractivity contribution in [2.45, 2.75) is 6.18 Å². The predicted molar refractivity (Wildman–Crippen MR) is 145 cm³/mol. The van der Waals surface area contributed by atoms with Gasteiger partial charge in [-0.1, -0.05) is 0 Å². The van der Waals surface area contributed by atoms with Gasteiger partial charge in [0.25, 0.3) is 5.91 Å². The highest BCUT2D eigenvalue weighted by Crippen LogP contribution is 2.29. The number of carboxylic acids is 1. The van der Waals surface area contributed by atoms with E-state index in [9.17, 15) is 26.4 Å². The fourth-order valence-electron chi connectivity index (χ4n) is 4.28. The van der Waals surface area contributed by atoms with Crippen LogP contribution in [0.4, 0.5) is 30.2 Å². The smallest absolute Gasteiger partial charge is 0.490 e. The van der Waals surface area contributed by atoms with Crippen molar-refractivity contribution in [1.82, 2.24) is 10.2 Å². The summed E-state index contributed by atoms with van der Waals surface area (Å²) in [5.74, 6) is -2.03. The molecule has 0 radical (unpaired) electrons. The van der Waals surface area contributed by atoms with Gasteiger partial charge in [-0.15, -0.1) is 0 Å². The number of alkyl halides is 3. The highest BCUT2D eigenvalue weighted by molar-refractivity contribution is 7.92. The van der Waals surface area contributed by atoms with Crippen LogP contribution in [0.1, 0.15) is 10.4 Å². The van der Waals surface area contributed by atoms with Crippen molar-refractivity contribution in [3.05, 3.63) is 48.0 Å². The minimum atomic E-state index is -5.08. The molecule has 2 aromatic rings. The molecule has 2 aliphatic rings. The molecule has 0 atom stereocenters. The van der Waals surface area contributed by atoms with E-state index in [0.717, 1.165) is 62.6 Å². The zero-order valence-electron chi connectivity index (χ0n) is 22.1. The third-order valence-corrected chi connectivity index (χ3v) is 6.83. The molecule has 0 bridgehead atoms. The van der Waals surface area contributed by atoms with Crippen LogP contribution in [0.15, 0.2) is 42.5 Å². The Labute approximate surface area is 230 Å². The Balaban J connectivity index is 0.000000559. The second-order valence-electron chi connectivity index (χ2n) is 9.12. The number of nitrogens with zero attached hydrogens (tertiary/aromatic N) is 3. The summed E-state index contributed by atoms with van der Waals surface area (Å²) in [4.78, 5) is 28.3. The van der Waals surface area contributed by atoms with Crippen LogP contribution in [0.3, 0.4) is 0 Å². The lowest BCUT2D eigenvalue weighted by atomic mass is 10.1. The summed E-state index contributed by atoms with van der Waals surface area (Å²) >= 11 is 0. The SMILES string of the molecule is COc1ccc(N2CCN(C(=O)c3ccc(N4CCNCC4)c(NS(C)(=O)=O)c3)CC2)cc1.O=C(O)C(F)(F)F. The zero-order chi connectivity index (χ0) is 29.5. The molecule has 2 aliphatic heterocycles. The highest BCUT2D eigenvalue weighted by Gasteiger charge is 2.38. The van der Waals surface area contributed by atoms with Gasteiger partial charge < -0.3 is 29.9 Å². The van der Waals surface area contributed by atoms with Crippen LogP contribution < -0.4 is 24.6 Å². The molecule has 0 saturated carbocycles. The minimum Gasteiger partial charge on any atom is -0.497 e. The van der Waals surface area contributed by atoms with E-state index in [2.05, 4.69) is 19.8 Å². The van der Waals surface area contributed by atoms with E-state index < -0.39 is 22.2 Å². The summed E-state index contributed by atoms with van der Waals surface area (Å²) in [5.41, 5.74) is 2.82. The molecule has 2 aromatic carbocycles. The van der Waals surface area contributed by atoms with Gasteiger partial charge in [0.2, 0.25) is 10.0 Å². The van der Waals surface area contributed by atoms with Gasteiger partial charge in [-0.05, 0) is 42.5 Å². The number of carboxylic acid groups (broad SMARTS) is 1. The fraction of sp³-hybridized carbons (Fsp3) is 0.440. The molecule has 220 valence electrons. The van der Waals surface area contributed by atoms with E-state index in [1.165, 1.54) is 0 Å². The molecule has 3 N–H and O–H groups in total. The lowest BCUT2D eigenvalue weighted by Gasteiger charge is -2.36. The van der Waals surface area contributed by atoms with Crippen molar-refractivity contribution in [2.24, 2.45) is 0 Å². The molecule has 11 nitrogen and oxygen atoms in total. The molecule has 0 aliphatic carbocycles. The number of halogens is 3. The Morgan fingerprint density at radius 3 is 2.02 bits per heavy atom. The summed E-state index contributed by atoms with van der Waals surface area (Å²) < 4.78 is 63.5. The minimum absolute atomic E-state index is 0.0900. The molecule has 1 amide bonds. The van der Waals surface area contributed by atoms with Crippen LogP contribution in [-0.4, -0.2) is 102 Å². The van der Waals surface area contributed by atoms with Gasteiger partial charge in [-0.3, -0.25) is 9.52 Å². The van der Waals surface area contributed by atoms with Gasteiger partial charge in [0.05, 0.1) is 24.7 Å². The number of sulfonamides is 1. The molecule has 15 heteroatoms. The van der Waals surface area contributed by atoms with Crippen LogP contribution in [-0.2, 0) is 14.8 Å². The van der Waals surface area contributed by atoms with E-state index in [-0.39, 0.29) is 5.91 Å². The summed E-state index contributed by atoms with van der Waals surface area (Å²) in [6.45, 7) is 5.86. The molecule has 40 heavy (non-hydrogen) atoms. The van der Waals surface area contributed by atoms with Crippen LogP contribution in [0.5, 0.6) is 5.75 Å². The lowest BCUT2D eigenvalue weighted by molar-refractivity contribution is -0.192. The van der Waals surface area contributed by atoms with Crippen molar-refractivity contribution in [1.29, 1.82) is 0 Å². The first-order chi connectivity index (χ1) is 18.8. The third-order valence-electron chi connectivity index (χ3n) is 6.24. The van der Waals surface area contributed by atoms with Gasteiger partial charge in [-0.25, -0.2) is 13.2 Å². The van der Waals surface area contributed by atoms with Crippen LogP contribution in [0.25, 0.3) is 0 Å². The van der Waals surface area contributed by atoms with Crippen molar-refractivity contribution < 1.29 is 41.0 Å². The molecule has 0 spiro atoms. The van der Waals surface area contributed by atoms with Gasteiger partial charge in [0.15, 0.2) is 0 Å². The van der Waals surface area contributed by atoms with E-state index in [4.69, 9.17) is 14.6 Å². The average molecular weight is 588 g/mol. The topological polar surface area (TPSA) is 132 Å². The van der Waals surface area contributed by atoms with Crippen LogP contribution >= 0.6 is 0 Å². The predicted octanol–water partition coefficient (Wildman–Crippen LogP) is 2.07. The standard InChI is InChI=1S/C23H31N5O4S.C2HF3O2/c1-32-20-6-4-19(5-7-20)26-13-15-28(16-14-26)23(29)18-3-8-22(27-11-9-24-10-12-27)21(17-18)25-33(2,30)31;3-2(4,5)1(6)7/h3-8,17,24-25H,9-16H2,1-2H3;(H,6,7). The lowest BCUT2D eigenvalue weighted by Crippen LogP contribution is -2.48. The number of rotatable bonds is 6. The summed E-state index contributed by atoms with van der Waals surface area (Å²) in [7, 11) is -1.84. The number of ether oxygens (including phenoxy) is 1. The normalized spacial score (nSPS) is 16.1. The van der Waals surface area contributed by atoms with Gasteiger partial charge in [-0.2, -0.15) is 13.2 Å². The number of nitrogens with one attached hydrogen (secondary N) is 2. The number of piperazine rings is 2. The molecule has 2 saturated heterocycles. The van der Waals surface area contributed by atoms with Crippen molar-refractivity contribution in [2.75, 3.05) is 80.2 Å². The maximum Gasteiger partial charge on any atom is 0.490 e. The zero-order valence-corrected chi connectivity index (χ0v) is 22.9. The first kappa shape index (κ1) is 30.8. The Hall–Kier alpha value is -3.72. The third kappa shape index (κ3) is 8.64. The number of hydrogen-bond acceptors (Lipinski definition) is 8. The second-order valence-corrected chi connectivity index (χ2v) is 10.9. The maximum atomic E-state index is 13.2. The number of carbonyl (C=O) groups excluding carboxylic acids is 1. The Bertz CT molecular complexity index is 1280. The Morgan fingerprint density at radius 2 is 1.52 bits per heavy atom. The number of hydrogen-bond donors (Lipinski definition) is 3. The monoisotopic (exact) mass is 587 g/mol. The van der Waals surface area contributed by atoms with E-state index in [1.807, 2.05) is 35.2 Å². The Morgan fingerprint density at radius 1 is 0.950 bits per heavy atom. The van der Waals surface area contributed by atoms with Crippen molar-refractivity contribution in [3.8, 4) is 5.75 Å². The summed E-state index contributed by atoms with van der Waals surface area (Å²) in [6.07, 6.45) is -3.96. The average Bonchev–Trinajstić information content (AvgIpc) is 2.92. The second kappa shape index (κ2) is 13.1. The maximum absolute atomic E-state index is 13.2. The quantitative estimate of drug-likeness (QED) is 0.465. The number of carbonyl (C=O) groups is 2. The summed E-state index contributed by atoms with van der Waals surface area (Å²) in [5, 5.41) is 10.4. The first-order valence-electron chi connectivity index (χ1n) is 12.3. The van der Waals surface area contributed by atoms with E-state index >= 15 is 0 Å². The number of methoxy groups -OCH3 is 1. The molecule has 0 aromatic heterocycles. The molecule has 0 unspecified atom stereocenters. The van der Waals surface area contributed by atoms with Gasteiger partial charge >= 0.3 is 12.1 Å². The number of anilines is 3. The van der Waals surface area contributed by atoms with E-state index in [1.54, 1.807) is 19.2 Å². The Kier molecular flexibility index (Phi) is 10.1. The largest absolute Gasteiger partial charge is 0.497 e. The number of amides is 1. The highest BCUT2D eigenvalue weighted by atomic mass is 32.2. The molecule has 2 heterocycles. The number of benzene rings is 2. The van der Waals surface area contributed by atoms with Crippen molar-refractivity contribution in [3.63, 3.8) is 0 Å². The number of aliphatic carboxylic acids is 1.